The van der Waals surface area contributed by atoms with E-state index >= 15 is 0 Å². The molecular weight excluding hydrogens is 429 g/mol. The molecule has 31 heavy (non-hydrogen) atoms. The van der Waals surface area contributed by atoms with Gasteiger partial charge in [-0.15, -0.1) is 0 Å². The number of aromatic nitrogens is 1. The Morgan fingerprint density at radius 1 is 1.16 bits per heavy atom. The fourth-order valence-electron chi connectivity index (χ4n) is 2.76. The molecule has 0 amide bonds. The molecule has 0 radical (unpaired) electrons. The molecule has 3 rings (SSSR count). The molecule has 10 heteroatoms. The van der Waals surface area contributed by atoms with Crippen LogP contribution in [0.5, 0.6) is 17.4 Å². The number of aryl methyl sites for hydroxylation is 1. The monoisotopic (exact) mass is 450 g/mol. The quantitative estimate of drug-likeness (QED) is 0.272. The van der Waals surface area contributed by atoms with Crippen LogP contribution in [-0.4, -0.2) is 21.4 Å². The van der Waals surface area contributed by atoms with Gasteiger partial charge in [0.2, 0.25) is 5.88 Å². The Labute approximate surface area is 181 Å². The van der Waals surface area contributed by atoms with Gasteiger partial charge in [-0.25, -0.2) is 0 Å². The number of ether oxygens (including phenoxy) is 1. The summed E-state index contributed by atoms with van der Waals surface area (Å²) in [4.78, 5) is 0. The summed E-state index contributed by atoms with van der Waals surface area (Å²) in [5, 5.41) is 24.7. The second kappa shape index (κ2) is 8.84. The van der Waals surface area contributed by atoms with Crippen molar-refractivity contribution in [2.24, 2.45) is 0 Å². The van der Waals surface area contributed by atoms with Gasteiger partial charge in [0.15, 0.2) is 0 Å². The molecule has 0 saturated carbocycles. The zero-order valence-electron chi connectivity index (χ0n) is 17.0. The normalized spacial score (nSPS) is 11.5. The highest BCUT2D eigenvalue weighted by molar-refractivity contribution is 7.11. The van der Waals surface area contributed by atoms with E-state index in [1.54, 1.807) is 25.1 Å². The molecule has 1 heterocycles. The molecule has 0 aliphatic heterocycles. The van der Waals surface area contributed by atoms with Crippen LogP contribution in [0, 0.1) is 12.3 Å². The van der Waals surface area contributed by atoms with Crippen molar-refractivity contribution in [1.29, 1.82) is 5.41 Å². The number of rotatable bonds is 6. The Morgan fingerprint density at radius 3 is 2.42 bits per heavy atom. The molecule has 0 bridgehead atoms. The largest absolute Gasteiger partial charge is 0.492 e. The van der Waals surface area contributed by atoms with E-state index in [2.05, 4.69) is 15.0 Å². The molecule has 0 fully saturated rings. The number of nitrogens with one attached hydrogen (secondary N) is 3. The van der Waals surface area contributed by atoms with Crippen LogP contribution in [0.3, 0.4) is 0 Å². The zero-order chi connectivity index (χ0) is 22.8. The first-order valence-corrected chi connectivity index (χ1v) is 10.1. The third-order valence-corrected chi connectivity index (χ3v) is 4.95. The van der Waals surface area contributed by atoms with E-state index in [9.17, 15) is 18.3 Å². The molecule has 3 aromatic rings. The van der Waals surface area contributed by atoms with E-state index in [1.807, 2.05) is 13.8 Å². The lowest BCUT2D eigenvalue weighted by molar-refractivity contribution is -0.137. The third kappa shape index (κ3) is 5.46. The Hall–Kier alpha value is -3.27. The van der Waals surface area contributed by atoms with Crippen molar-refractivity contribution in [1.82, 2.24) is 9.69 Å². The lowest BCUT2D eigenvalue weighted by Crippen LogP contribution is -2.30. The Balaban J connectivity index is 1.76. The first-order chi connectivity index (χ1) is 14.5. The minimum absolute atomic E-state index is 0.0172. The lowest BCUT2D eigenvalue weighted by atomic mass is 10.2. The molecule has 2 aromatic carbocycles. The van der Waals surface area contributed by atoms with E-state index in [0.29, 0.717) is 22.2 Å². The predicted molar refractivity (Wildman–Crippen MR) is 115 cm³/mol. The number of amidine groups is 1. The molecule has 0 aliphatic carbocycles. The summed E-state index contributed by atoms with van der Waals surface area (Å²) in [6, 6.07) is 9.71. The topological polar surface area (TPSA) is 90.3 Å². The zero-order valence-corrected chi connectivity index (χ0v) is 17.8. The lowest BCUT2D eigenvalue weighted by Gasteiger charge is -2.14. The van der Waals surface area contributed by atoms with Crippen LogP contribution in [0.15, 0.2) is 42.5 Å². The average Bonchev–Trinajstić information content (AvgIpc) is 3.03. The second-order valence-electron chi connectivity index (χ2n) is 7.11. The second-order valence-corrected chi connectivity index (χ2v) is 7.89. The standard InChI is InChI=1S/C21H21F3N4O2S/c1-11(2)26-18(25)17-19(29)28-31-20(17)27-14-6-9-16(12(3)10-14)30-15-7-4-13(5-8-15)21(22,23)24/h4-11,27H,1-3H3,(H2,25,26)(H,28,29). The fourth-order valence-corrected chi connectivity index (χ4v) is 3.48. The number of hydrogen-bond acceptors (Lipinski definition) is 6. The van der Waals surface area contributed by atoms with Crippen molar-refractivity contribution in [2.75, 3.05) is 5.32 Å². The van der Waals surface area contributed by atoms with E-state index < -0.39 is 11.7 Å². The number of halogens is 3. The maximum Gasteiger partial charge on any atom is 0.416 e. The van der Waals surface area contributed by atoms with Gasteiger partial charge in [0.1, 0.15) is 27.9 Å². The van der Waals surface area contributed by atoms with Crippen molar-refractivity contribution < 1.29 is 23.0 Å². The van der Waals surface area contributed by atoms with Gasteiger partial charge >= 0.3 is 6.18 Å². The molecule has 0 aliphatic rings. The van der Waals surface area contributed by atoms with Gasteiger partial charge in [-0.05, 0) is 80.3 Å². The van der Waals surface area contributed by atoms with Crippen LogP contribution >= 0.6 is 11.5 Å². The molecule has 164 valence electrons. The Kier molecular flexibility index (Phi) is 6.40. The maximum absolute atomic E-state index is 12.7. The Bertz CT molecular complexity index is 1080. The van der Waals surface area contributed by atoms with Crippen LogP contribution in [0.25, 0.3) is 0 Å². The predicted octanol–water partition coefficient (Wildman–Crippen LogP) is 6.04. The number of aromatic hydroxyl groups is 1. The van der Waals surface area contributed by atoms with Crippen LogP contribution < -0.4 is 15.4 Å². The molecule has 1 aromatic heterocycles. The maximum atomic E-state index is 12.7. The van der Waals surface area contributed by atoms with Gasteiger partial charge in [0.05, 0.1) is 5.56 Å². The van der Waals surface area contributed by atoms with Gasteiger partial charge in [0.25, 0.3) is 0 Å². The smallest absolute Gasteiger partial charge is 0.416 e. The summed E-state index contributed by atoms with van der Waals surface area (Å²) in [5.41, 5.74) is 0.966. The number of alkyl halides is 3. The molecular formula is C21H21F3N4O2S. The minimum Gasteiger partial charge on any atom is -0.492 e. The van der Waals surface area contributed by atoms with Gasteiger partial charge in [-0.3, -0.25) is 5.41 Å². The van der Waals surface area contributed by atoms with Gasteiger partial charge in [-0.2, -0.15) is 17.5 Å². The van der Waals surface area contributed by atoms with Gasteiger partial charge < -0.3 is 20.5 Å². The Morgan fingerprint density at radius 2 is 1.84 bits per heavy atom. The SMILES string of the molecule is Cc1cc(Nc2snc(O)c2C(=N)NC(C)C)ccc1Oc1ccc(C(F)(F)F)cc1. The van der Waals surface area contributed by atoms with E-state index in [-0.39, 0.29) is 23.3 Å². The third-order valence-electron chi connectivity index (χ3n) is 4.20. The van der Waals surface area contributed by atoms with Crippen molar-refractivity contribution in [3.63, 3.8) is 0 Å². The van der Waals surface area contributed by atoms with Gasteiger partial charge in [0, 0.05) is 11.7 Å². The van der Waals surface area contributed by atoms with Crippen LogP contribution in [0.1, 0.15) is 30.5 Å². The summed E-state index contributed by atoms with van der Waals surface area (Å²) in [6.45, 7) is 5.58. The molecule has 4 N–H and O–H groups in total. The number of anilines is 2. The summed E-state index contributed by atoms with van der Waals surface area (Å²) < 4.78 is 47.7. The highest BCUT2D eigenvalue weighted by atomic mass is 32.1. The number of nitrogens with zero attached hydrogens (tertiary/aromatic N) is 1. The van der Waals surface area contributed by atoms with Gasteiger partial charge in [-0.1, -0.05) is 0 Å². The summed E-state index contributed by atoms with van der Waals surface area (Å²) in [6.07, 6.45) is -4.40. The van der Waals surface area contributed by atoms with E-state index in [1.165, 1.54) is 12.1 Å². The highest BCUT2D eigenvalue weighted by Crippen LogP contribution is 2.35. The minimum atomic E-state index is -4.40. The van der Waals surface area contributed by atoms with Crippen molar-refractivity contribution >= 4 is 28.1 Å². The van der Waals surface area contributed by atoms with Crippen LogP contribution in [0.4, 0.5) is 23.9 Å². The first-order valence-electron chi connectivity index (χ1n) is 9.31. The van der Waals surface area contributed by atoms with Crippen molar-refractivity contribution in [3.05, 3.63) is 59.2 Å². The van der Waals surface area contributed by atoms with Crippen molar-refractivity contribution in [3.8, 4) is 17.4 Å². The number of hydrogen-bond donors (Lipinski definition) is 4. The van der Waals surface area contributed by atoms with E-state index in [4.69, 9.17) is 10.1 Å². The molecule has 0 atom stereocenters. The molecule has 6 nitrogen and oxygen atoms in total. The molecule has 0 spiro atoms. The number of benzene rings is 2. The van der Waals surface area contributed by atoms with Crippen LogP contribution in [-0.2, 0) is 6.18 Å². The van der Waals surface area contributed by atoms with Crippen LogP contribution in [0.2, 0.25) is 0 Å². The summed E-state index contributed by atoms with van der Waals surface area (Å²) in [5.74, 6) is 0.610. The first kappa shape index (κ1) is 22.4. The highest BCUT2D eigenvalue weighted by Gasteiger charge is 2.30. The van der Waals surface area contributed by atoms with Crippen molar-refractivity contribution in [2.45, 2.75) is 33.0 Å². The van der Waals surface area contributed by atoms with E-state index in [0.717, 1.165) is 29.2 Å². The fraction of sp³-hybridized carbons (Fsp3) is 0.238. The summed E-state index contributed by atoms with van der Waals surface area (Å²) in [7, 11) is 0. The average molecular weight is 450 g/mol. The summed E-state index contributed by atoms with van der Waals surface area (Å²) >= 11 is 1.03. The molecule has 0 unspecified atom stereocenters. The molecule has 0 saturated heterocycles.